The van der Waals surface area contributed by atoms with E-state index >= 15 is 0 Å². The molecule has 0 aliphatic heterocycles. The van der Waals surface area contributed by atoms with Gasteiger partial charge in [-0.1, -0.05) is 18.2 Å². The Bertz CT molecular complexity index is 791. The molecule has 1 saturated carbocycles. The molecule has 8 nitrogen and oxygen atoms in total. The van der Waals surface area contributed by atoms with Crippen molar-refractivity contribution in [3.8, 4) is 0 Å². The molecule has 138 valence electrons. The van der Waals surface area contributed by atoms with Crippen LogP contribution in [0.3, 0.4) is 0 Å². The number of aryl methyl sites for hydroxylation is 1. The van der Waals surface area contributed by atoms with E-state index in [1.165, 1.54) is 6.08 Å². The van der Waals surface area contributed by atoms with E-state index < -0.39 is 0 Å². The van der Waals surface area contributed by atoms with E-state index in [0.717, 1.165) is 31.4 Å². The fourth-order valence-electron chi connectivity index (χ4n) is 3.05. The lowest BCUT2D eigenvalue weighted by molar-refractivity contribution is -0.117. The maximum atomic E-state index is 11.5. The Kier molecular flexibility index (Phi) is 5.72. The van der Waals surface area contributed by atoms with Gasteiger partial charge in [-0.05, 0) is 31.8 Å². The molecular formula is C17H22ClN7O. The quantitative estimate of drug-likeness (QED) is 0.671. The minimum atomic E-state index is -0.140. The van der Waals surface area contributed by atoms with E-state index in [0.29, 0.717) is 16.8 Å². The summed E-state index contributed by atoms with van der Waals surface area (Å²) in [5.74, 6) is 0.879. The van der Waals surface area contributed by atoms with Crippen molar-refractivity contribution in [2.75, 3.05) is 10.6 Å². The highest BCUT2D eigenvalue weighted by Crippen LogP contribution is 2.26. The van der Waals surface area contributed by atoms with Crippen molar-refractivity contribution >= 4 is 35.0 Å². The Morgan fingerprint density at radius 3 is 2.92 bits per heavy atom. The Balaban J connectivity index is 1.65. The first-order valence-electron chi connectivity index (χ1n) is 8.51. The predicted octanol–water partition coefficient (Wildman–Crippen LogP) is 2.63. The third kappa shape index (κ3) is 4.72. The van der Waals surface area contributed by atoms with Crippen LogP contribution in [0.15, 0.2) is 31.2 Å². The summed E-state index contributed by atoms with van der Waals surface area (Å²) in [5.41, 5.74) is 0.797. The zero-order valence-electron chi connectivity index (χ0n) is 14.6. The van der Waals surface area contributed by atoms with Gasteiger partial charge in [0.1, 0.15) is 5.02 Å². The van der Waals surface area contributed by atoms with Crippen LogP contribution in [-0.4, -0.2) is 37.7 Å². The fraction of sp³-hybridized carbons (Fsp3) is 0.412. The molecule has 3 rings (SSSR count). The van der Waals surface area contributed by atoms with Crippen LogP contribution in [0, 0.1) is 0 Å². The second kappa shape index (κ2) is 8.18. The Morgan fingerprint density at radius 1 is 1.38 bits per heavy atom. The number of anilines is 3. The molecule has 0 radical (unpaired) electrons. The predicted molar refractivity (Wildman–Crippen MR) is 102 cm³/mol. The second-order valence-electron chi connectivity index (χ2n) is 6.34. The molecule has 2 aromatic heterocycles. The molecule has 1 fully saturated rings. The van der Waals surface area contributed by atoms with Crippen LogP contribution >= 0.6 is 11.6 Å². The van der Waals surface area contributed by atoms with E-state index in [4.69, 9.17) is 11.6 Å². The van der Waals surface area contributed by atoms with Crippen molar-refractivity contribution in [3.63, 3.8) is 0 Å². The Labute approximate surface area is 157 Å². The third-order valence-electron chi connectivity index (χ3n) is 4.25. The molecule has 3 N–H and O–H groups in total. The lowest BCUT2D eigenvalue weighted by Crippen LogP contribution is -2.41. The number of aromatic nitrogens is 4. The van der Waals surface area contributed by atoms with Gasteiger partial charge in [0.2, 0.25) is 11.9 Å². The Morgan fingerprint density at radius 2 is 2.19 bits per heavy atom. The Hall–Kier alpha value is -2.61. The molecule has 2 heterocycles. The van der Waals surface area contributed by atoms with Crippen molar-refractivity contribution in [2.45, 2.75) is 37.8 Å². The topological polar surface area (TPSA) is 96.8 Å². The minimum absolute atomic E-state index is 0.125. The summed E-state index contributed by atoms with van der Waals surface area (Å²) < 4.78 is 1.69. The molecule has 0 aromatic carbocycles. The van der Waals surface area contributed by atoms with Crippen molar-refractivity contribution in [1.82, 2.24) is 25.1 Å². The molecule has 1 amide bonds. The minimum Gasteiger partial charge on any atom is -0.366 e. The standard InChI is InChI=1S/C17H22ClN7O/c1-3-15(26)21-11-5-4-6-12(7-11)22-16-14(18)9-19-17(24-16)23-13-8-20-25(2)10-13/h3,8-12H,1,4-7H2,2H3,(H,21,26)(H2,19,22,23,24)/t11-,12-/m1/s1. The van der Waals surface area contributed by atoms with Gasteiger partial charge in [0.25, 0.3) is 0 Å². The van der Waals surface area contributed by atoms with E-state index in [1.807, 2.05) is 13.2 Å². The molecular weight excluding hydrogens is 354 g/mol. The maximum Gasteiger partial charge on any atom is 0.243 e. The number of carbonyl (C=O) groups excluding carboxylic acids is 1. The first-order chi connectivity index (χ1) is 12.5. The summed E-state index contributed by atoms with van der Waals surface area (Å²) in [5, 5.41) is 14.0. The number of amides is 1. The summed E-state index contributed by atoms with van der Waals surface area (Å²) in [6.45, 7) is 3.50. The van der Waals surface area contributed by atoms with E-state index in [9.17, 15) is 4.79 Å². The monoisotopic (exact) mass is 375 g/mol. The summed E-state index contributed by atoms with van der Waals surface area (Å²) >= 11 is 6.25. The lowest BCUT2D eigenvalue weighted by atomic mass is 9.91. The molecule has 1 aliphatic carbocycles. The molecule has 2 aromatic rings. The highest BCUT2D eigenvalue weighted by molar-refractivity contribution is 6.32. The van der Waals surface area contributed by atoms with Crippen LogP contribution < -0.4 is 16.0 Å². The molecule has 0 bridgehead atoms. The summed E-state index contributed by atoms with van der Waals surface area (Å²) in [7, 11) is 1.84. The van der Waals surface area contributed by atoms with Gasteiger partial charge in [-0.2, -0.15) is 10.1 Å². The largest absolute Gasteiger partial charge is 0.366 e. The number of hydrogen-bond acceptors (Lipinski definition) is 6. The molecule has 2 atom stereocenters. The maximum absolute atomic E-state index is 11.5. The summed E-state index contributed by atoms with van der Waals surface area (Å²) in [6.07, 6.45) is 10.2. The zero-order chi connectivity index (χ0) is 18.5. The lowest BCUT2D eigenvalue weighted by Gasteiger charge is -2.30. The van der Waals surface area contributed by atoms with Gasteiger partial charge >= 0.3 is 0 Å². The molecule has 26 heavy (non-hydrogen) atoms. The number of nitrogens with zero attached hydrogens (tertiary/aromatic N) is 4. The van der Waals surface area contributed by atoms with Gasteiger partial charge in [0.15, 0.2) is 5.82 Å². The van der Waals surface area contributed by atoms with E-state index in [-0.39, 0.29) is 18.0 Å². The van der Waals surface area contributed by atoms with Crippen molar-refractivity contribution in [3.05, 3.63) is 36.3 Å². The van der Waals surface area contributed by atoms with Gasteiger partial charge in [-0.15, -0.1) is 0 Å². The van der Waals surface area contributed by atoms with Crippen molar-refractivity contribution in [2.24, 2.45) is 7.05 Å². The van der Waals surface area contributed by atoms with Crippen LogP contribution in [0.25, 0.3) is 0 Å². The van der Waals surface area contributed by atoms with Gasteiger partial charge in [0, 0.05) is 25.3 Å². The van der Waals surface area contributed by atoms with Crippen LogP contribution in [-0.2, 0) is 11.8 Å². The van der Waals surface area contributed by atoms with Crippen molar-refractivity contribution in [1.29, 1.82) is 0 Å². The average molecular weight is 376 g/mol. The van der Waals surface area contributed by atoms with Gasteiger partial charge in [0.05, 0.1) is 18.1 Å². The third-order valence-corrected chi connectivity index (χ3v) is 4.53. The molecule has 0 saturated heterocycles. The van der Waals surface area contributed by atoms with E-state index in [1.54, 1.807) is 17.1 Å². The number of carbonyl (C=O) groups is 1. The highest BCUT2D eigenvalue weighted by Gasteiger charge is 2.23. The molecule has 1 aliphatic rings. The van der Waals surface area contributed by atoms with Crippen molar-refractivity contribution < 1.29 is 4.79 Å². The number of halogens is 1. The van der Waals surface area contributed by atoms with Crippen LogP contribution in [0.1, 0.15) is 25.7 Å². The smallest absolute Gasteiger partial charge is 0.243 e. The molecule has 0 unspecified atom stereocenters. The molecule has 0 spiro atoms. The van der Waals surface area contributed by atoms with E-state index in [2.05, 4.69) is 37.6 Å². The number of hydrogen-bond donors (Lipinski definition) is 3. The normalized spacial score (nSPS) is 19.6. The van der Waals surface area contributed by atoms with Crippen LogP contribution in [0.4, 0.5) is 17.5 Å². The number of rotatable bonds is 6. The van der Waals surface area contributed by atoms with Gasteiger partial charge < -0.3 is 16.0 Å². The summed E-state index contributed by atoms with van der Waals surface area (Å²) in [6, 6.07) is 0.304. The second-order valence-corrected chi connectivity index (χ2v) is 6.74. The van der Waals surface area contributed by atoms with Crippen LogP contribution in [0.5, 0.6) is 0 Å². The van der Waals surface area contributed by atoms with Gasteiger partial charge in [-0.25, -0.2) is 4.98 Å². The average Bonchev–Trinajstić information content (AvgIpc) is 3.03. The fourth-order valence-corrected chi connectivity index (χ4v) is 3.19. The summed E-state index contributed by atoms with van der Waals surface area (Å²) in [4.78, 5) is 20.2. The van der Waals surface area contributed by atoms with Crippen LogP contribution in [0.2, 0.25) is 5.02 Å². The highest BCUT2D eigenvalue weighted by atomic mass is 35.5. The van der Waals surface area contributed by atoms with Gasteiger partial charge in [-0.3, -0.25) is 9.48 Å². The SMILES string of the molecule is C=CC(=O)N[C@@H]1CCC[C@@H](Nc2nc(Nc3cnn(C)c3)ncc2Cl)C1. The zero-order valence-corrected chi connectivity index (χ0v) is 15.3. The first kappa shape index (κ1) is 18.2. The number of nitrogens with one attached hydrogen (secondary N) is 3. The first-order valence-corrected chi connectivity index (χ1v) is 8.89. The molecule has 9 heteroatoms.